The number of thiophene rings is 1. The molecule has 1 unspecified atom stereocenters. The summed E-state index contributed by atoms with van der Waals surface area (Å²) in [6.07, 6.45) is 3.20. The molecule has 0 saturated heterocycles. The Kier molecular flexibility index (Phi) is 2.89. The number of thioether (sulfide) groups is 1. The molecule has 3 heterocycles. The molecule has 0 fully saturated rings. The number of nitrogen functional groups attached to an aromatic ring is 1. The van der Waals surface area contributed by atoms with Crippen molar-refractivity contribution in [3.63, 3.8) is 0 Å². The van der Waals surface area contributed by atoms with Crippen LogP contribution in [-0.4, -0.2) is 15.0 Å². The zero-order valence-corrected chi connectivity index (χ0v) is 11.2. The normalized spacial score (nSPS) is 21.6. The molecule has 0 amide bonds. The van der Waals surface area contributed by atoms with Gasteiger partial charge in [0.2, 0.25) is 0 Å². The van der Waals surface area contributed by atoms with Crippen LogP contribution < -0.4 is 16.8 Å². The lowest BCUT2D eigenvalue weighted by molar-refractivity contribution is 0.634. The fourth-order valence-electron chi connectivity index (χ4n) is 1.86. The second kappa shape index (κ2) is 4.42. The molecule has 2 aromatic heterocycles. The lowest BCUT2D eigenvalue weighted by Gasteiger charge is -2.23. The fourth-order valence-corrected chi connectivity index (χ4v) is 3.65. The van der Waals surface area contributed by atoms with E-state index in [0.717, 1.165) is 23.6 Å². The zero-order chi connectivity index (χ0) is 12.6. The van der Waals surface area contributed by atoms with Gasteiger partial charge in [0.25, 0.3) is 0 Å². The third-order valence-electron chi connectivity index (χ3n) is 2.77. The number of rotatable bonds is 3. The number of hydrogen-bond donors (Lipinski definition) is 3. The molecular formula is C11H13N5S2. The average Bonchev–Trinajstić information content (AvgIpc) is 2.94. The summed E-state index contributed by atoms with van der Waals surface area (Å²) in [5.74, 6) is 1.22. The third-order valence-corrected chi connectivity index (χ3v) is 4.98. The minimum atomic E-state index is -0.545. The topological polar surface area (TPSA) is 89.8 Å². The fraction of sp³-hybridized carbons (Fsp3) is 0.273. The van der Waals surface area contributed by atoms with Gasteiger partial charge in [-0.15, -0.1) is 11.3 Å². The maximum atomic E-state index is 6.33. The predicted molar refractivity (Wildman–Crippen MR) is 75.5 cm³/mol. The van der Waals surface area contributed by atoms with Crippen LogP contribution in [0.1, 0.15) is 11.3 Å². The second-order valence-corrected chi connectivity index (χ2v) is 6.51. The summed E-state index contributed by atoms with van der Waals surface area (Å²) in [7, 11) is 0. The van der Waals surface area contributed by atoms with Crippen LogP contribution in [0.2, 0.25) is 0 Å². The highest BCUT2D eigenvalue weighted by molar-refractivity contribution is 8.01. The highest BCUT2D eigenvalue weighted by Crippen LogP contribution is 2.45. The molecule has 7 heteroatoms. The van der Waals surface area contributed by atoms with Gasteiger partial charge in [0, 0.05) is 4.88 Å². The molecule has 2 aromatic rings. The van der Waals surface area contributed by atoms with Gasteiger partial charge in [0.1, 0.15) is 23.0 Å². The van der Waals surface area contributed by atoms with Gasteiger partial charge in [-0.3, -0.25) is 5.73 Å². The van der Waals surface area contributed by atoms with Crippen LogP contribution in [0.3, 0.4) is 0 Å². The van der Waals surface area contributed by atoms with Crippen LogP contribution in [0.15, 0.2) is 28.7 Å². The molecule has 0 saturated carbocycles. The van der Waals surface area contributed by atoms with Gasteiger partial charge in [0.15, 0.2) is 0 Å². The summed E-state index contributed by atoms with van der Waals surface area (Å²) in [5.41, 5.74) is 12.1. The Labute approximate surface area is 113 Å². The van der Waals surface area contributed by atoms with E-state index in [4.69, 9.17) is 11.5 Å². The van der Waals surface area contributed by atoms with Crippen LogP contribution in [0.25, 0.3) is 0 Å². The van der Waals surface area contributed by atoms with Gasteiger partial charge < -0.3 is 11.1 Å². The van der Waals surface area contributed by atoms with Crippen molar-refractivity contribution in [1.82, 2.24) is 9.97 Å². The van der Waals surface area contributed by atoms with Gasteiger partial charge in [-0.2, -0.15) is 0 Å². The lowest BCUT2D eigenvalue weighted by Crippen LogP contribution is -2.41. The molecule has 1 aliphatic heterocycles. The standard InChI is InChI=1S/C11H13N5S2/c12-9-8-10(15-6-14-9)16-11(13,18-8)4-3-7-2-1-5-17-7/h1-2,5-6H,3-4,13H2,(H3,12,14,15,16). The zero-order valence-electron chi connectivity index (χ0n) is 9.59. The van der Waals surface area contributed by atoms with Crippen molar-refractivity contribution in [2.75, 3.05) is 11.1 Å². The van der Waals surface area contributed by atoms with Gasteiger partial charge >= 0.3 is 0 Å². The SMILES string of the molecule is Nc1ncnc2c1SC(N)(CCc1cccs1)N2. The largest absolute Gasteiger partial charge is 0.383 e. The summed E-state index contributed by atoms with van der Waals surface area (Å²) < 4.78 is 0. The summed E-state index contributed by atoms with van der Waals surface area (Å²) in [5, 5.41) is 5.30. The molecule has 0 aromatic carbocycles. The molecule has 0 radical (unpaired) electrons. The number of anilines is 2. The van der Waals surface area contributed by atoms with Crippen molar-refractivity contribution in [3.8, 4) is 0 Å². The van der Waals surface area contributed by atoms with Gasteiger partial charge in [0.05, 0.1) is 4.90 Å². The van der Waals surface area contributed by atoms with Crippen molar-refractivity contribution >= 4 is 34.7 Å². The first-order valence-electron chi connectivity index (χ1n) is 5.55. The van der Waals surface area contributed by atoms with Gasteiger partial charge in [-0.25, -0.2) is 9.97 Å². The van der Waals surface area contributed by atoms with Gasteiger partial charge in [-0.05, 0) is 24.3 Å². The quantitative estimate of drug-likeness (QED) is 0.795. The van der Waals surface area contributed by atoms with E-state index in [2.05, 4.69) is 32.8 Å². The lowest BCUT2D eigenvalue weighted by atomic mass is 10.2. The summed E-state index contributed by atoms with van der Waals surface area (Å²) in [6.45, 7) is 0. The molecule has 1 aliphatic rings. The first-order chi connectivity index (χ1) is 8.66. The Morgan fingerprint density at radius 2 is 2.28 bits per heavy atom. The van der Waals surface area contributed by atoms with Crippen molar-refractivity contribution in [2.24, 2.45) is 5.73 Å². The van der Waals surface area contributed by atoms with E-state index in [0.29, 0.717) is 5.82 Å². The van der Waals surface area contributed by atoms with Crippen molar-refractivity contribution in [2.45, 2.75) is 22.7 Å². The van der Waals surface area contributed by atoms with E-state index in [1.807, 2.05) is 0 Å². The molecule has 1 atom stereocenters. The van der Waals surface area contributed by atoms with Gasteiger partial charge in [-0.1, -0.05) is 17.8 Å². The van der Waals surface area contributed by atoms with Crippen LogP contribution in [0.5, 0.6) is 0 Å². The van der Waals surface area contributed by atoms with E-state index in [-0.39, 0.29) is 0 Å². The smallest absolute Gasteiger partial charge is 0.147 e. The number of nitrogens with one attached hydrogen (secondary N) is 1. The van der Waals surface area contributed by atoms with Crippen LogP contribution in [-0.2, 0) is 6.42 Å². The Balaban J connectivity index is 1.73. The minimum Gasteiger partial charge on any atom is -0.383 e. The minimum absolute atomic E-state index is 0.487. The molecule has 0 aliphatic carbocycles. The number of aromatic nitrogens is 2. The monoisotopic (exact) mass is 279 g/mol. The maximum Gasteiger partial charge on any atom is 0.147 e. The summed E-state index contributed by atoms with van der Waals surface area (Å²) >= 11 is 3.26. The molecule has 0 spiro atoms. The predicted octanol–water partition coefficient (Wildman–Crippen LogP) is 1.88. The summed E-state index contributed by atoms with van der Waals surface area (Å²) in [6, 6.07) is 4.17. The Bertz CT molecular complexity index is 557. The highest BCUT2D eigenvalue weighted by atomic mass is 32.2. The highest BCUT2D eigenvalue weighted by Gasteiger charge is 2.36. The van der Waals surface area contributed by atoms with Crippen LogP contribution in [0, 0.1) is 0 Å². The Morgan fingerprint density at radius 3 is 3.00 bits per heavy atom. The number of nitrogens with two attached hydrogens (primary N) is 2. The molecule has 5 N–H and O–H groups in total. The Morgan fingerprint density at radius 1 is 1.39 bits per heavy atom. The number of nitrogens with zero attached hydrogens (tertiary/aromatic N) is 2. The molecule has 5 nitrogen and oxygen atoms in total. The summed E-state index contributed by atoms with van der Waals surface area (Å²) in [4.78, 5) is 9.78. The van der Waals surface area contributed by atoms with E-state index < -0.39 is 4.99 Å². The van der Waals surface area contributed by atoms with E-state index in [9.17, 15) is 0 Å². The molecule has 0 bridgehead atoms. The molecule has 18 heavy (non-hydrogen) atoms. The van der Waals surface area contributed by atoms with Crippen LogP contribution >= 0.6 is 23.1 Å². The number of fused-ring (bicyclic) bond motifs is 1. The number of aryl methyl sites for hydroxylation is 1. The van der Waals surface area contributed by atoms with Crippen molar-refractivity contribution in [1.29, 1.82) is 0 Å². The maximum absolute atomic E-state index is 6.33. The van der Waals surface area contributed by atoms with Crippen LogP contribution in [0.4, 0.5) is 11.6 Å². The van der Waals surface area contributed by atoms with Crippen molar-refractivity contribution < 1.29 is 0 Å². The third kappa shape index (κ3) is 2.16. The average molecular weight is 279 g/mol. The molecule has 3 rings (SSSR count). The van der Waals surface area contributed by atoms with E-state index in [1.165, 1.54) is 23.0 Å². The molecular weight excluding hydrogens is 266 g/mol. The first-order valence-corrected chi connectivity index (χ1v) is 7.25. The molecule has 94 valence electrons. The number of hydrogen-bond acceptors (Lipinski definition) is 7. The Hall–Kier alpha value is -1.31. The first kappa shape index (κ1) is 11.8. The van der Waals surface area contributed by atoms with E-state index in [1.54, 1.807) is 11.3 Å². The van der Waals surface area contributed by atoms with E-state index >= 15 is 0 Å². The van der Waals surface area contributed by atoms with Crippen molar-refractivity contribution in [3.05, 3.63) is 28.7 Å². The second-order valence-electron chi connectivity index (χ2n) is 4.13.